The third-order valence-electron chi connectivity index (χ3n) is 2.95. The van der Waals surface area contributed by atoms with Crippen LogP contribution in [0.15, 0.2) is 45.3 Å². The zero-order chi connectivity index (χ0) is 13.1. The minimum Gasteiger partial charge on any atom is -0.381 e. The summed E-state index contributed by atoms with van der Waals surface area (Å²) in [5.74, 6) is 0. The van der Waals surface area contributed by atoms with Crippen LogP contribution in [0.25, 0.3) is 0 Å². The monoisotopic (exact) mass is 367 g/mol. The molecule has 3 heteroatoms. The van der Waals surface area contributed by atoms with E-state index in [9.17, 15) is 0 Å². The molecule has 0 aliphatic carbocycles. The van der Waals surface area contributed by atoms with Crippen LogP contribution in [0, 0.1) is 13.8 Å². The Kier molecular flexibility index (Phi) is 4.46. The molecule has 0 heterocycles. The zero-order valence-electron chi connectivity index (χ0n) is 10.4. The lowest BCUT2D eigenvalue weighted by Crippen LogP contribution is -2.02. The summed E-state index contributed by atoms with van der Waals surface area (Å²) in [6.45, 7) is 5.02. The molecule has 2 aromatic rings. The summed E-state index contributed by atoms with van der Waals surface area (Å²) in [6.07, 6.45) is 0. The number of hydrogen-bond acceptors (Lipinski definition) is 1. The molecule has 0 aromatic heterocycles. The highest BCUT2D eigenvalue weighted by Gasteiger charge is 2.03. The van der Waals surface area contributed by atoms with Crippen molar-refractivity contribution in [2.24, 2.45) is 0 Å². The van der Waals surface area contributed by atoms with Crippen LogP contribution in [-0.2, 0) is 6.54 Å². The highest BCUT2D eigenvalue weighted by molar-refractivity contribution is 9.10. The Balaban J connectivity index is 2.14. The van der Waals surface area contributed by atoms with Crippen LogP contribution in [-0.4, -0.2) is 0 Å². The molecule has 0 aliphatic heterocycles. The first kappa shape index (κ1) is 13.6. The topological polar surface area (TPSA) is 12.0 Å². The molecule has 18 heavy (non-hydrogen) atoms. The van der Waals surface area contributed by atoms with Gasteiger partial charge in [-0.2, -0.15) is 0 Å². The van der Waals surface area contributed by atoms with Gasteiger partial charge in [0.15, 0.2) is 0 Å². The smallest absolute Gasteiger partial charge is 0.0412 e. The van der Waals surface area contributed by atoms with Crippen LogP contribution in [0.4, 0.5) is 5.69 Å². The van der Waals surface area contributed by atoms with Crippen molar-refractivity contribution in [3.63, 3.8) is 0 Å². The minimum absolute atomic E-state index is 0.818. The lowest BCUT2D eigenvalue weighted by atomic mass is 10.1. The van der Waals surface area contributed by atoms with Gasteiger partial charge in [0.25, 0.3) is 0 Å². The van der Waals surface area contributed by atoms with Crippen molar-refractivity contribution in [1.29, 1.82) is 0 Å². The lowest BCUT2D eigenvalue weighted by molar-refractivity contribution is 1.12. The lowest BCUT2D eigenvalue weighted by Gasteiger charge is -2.12. The maximum Gasteiger partial charge on any atom is 0.0412 e. The Morgan fingerprint density at radius 1 is 1.00 bits per heavy atom. The van der Waals surface area contributed by atoms with Crippen LogP contribution in [0.2, 0.25) is 0 Å². The number of aryl methyl sites for hydroxylation is 1. The molecular weight excluding hydrogens is 354 g/mol. The molecule has 0 saturated carbocycles. The second kappa shape index (κ2) is 5.89. The molecule has 2 rings (SSSR count). The summed E-state index contributed by atoms with van der Waals surface area (Å²) in [6, 6.07) is 12.6. The van der Waals surface area contributed by atoms with Gasteiger partial charge in [0, 0.05) is 21.2 Å². The highest BCUT2D eigenvalue weighted by atomic mass is 79.9. The van der Waals surface area contributed by atoms with Gasteiger partial charge in [-0.3, -0.25) is 0 Å². The van der Waals surface area contributed by atoms with Gasteiger partial charge in [0.1, 0.15) is 0 Å². The van der Waals surface area contributed by atoms with E-state index < -0.39 is 0 Å². The fourth-order valence-electron chi connectivity index (χ4n) is 1.79. The fraction of sp³-hybridized carbons (Fsp3) is 0.200. The Hall–Kier alpha value is -0.800. The first-order valence-corrected chi connectivity index (χ1v) is 7.40. The first-order valence-electron chi connectivity index (χ1n) is 5.82. The first-order chi connectivity index (χ1) is 8.58. The number of nitrogens with one attached hydrogen (secondary N) is 1. The van der Waals surface area contributed by atoms with Crippen molar-refractivity contribution in [2.75, 3.05) is 5.32 Å². The number of anilines is 1. The summed E-state index contributed by atoms with van der Waals surface area (Å²) in [4.78, 5) is 0. The van der Waals surface area contributed by atoms with E-state index in [4.69, 9.17) is 0 Å². The van der Waals surface area contributed by atoms with Crippen molar-refractivity contribution in [3.8, 4) is 0 Å². The predicted octanol–water partition coefficient (Wildman–Crippen LogP) is 5.44. The Morgan fingerprint density at radius 2 is 1.78 bits per heavy atom. The Labute approximate surface area is 125 Å². The standard InChI is InChI=1S/C15H15Br2N/c1-10-6-7-12(14(17)8-10)9-18-15-5-3-4-13(16)11(15)2/h3-8,18H,9H2,1-2H3. The van der Waals surface area contributed by atoms with Crippen LogP contribution in [0.3, 0.4) is 0 Å². The van der Waals surface area contributed by atoms with E-state index in [0.29, 0.717) is 0 Å². The third-order valence-corrected chi connectivity index (χ3v) is 4.54. The number of halogens is 2. The van der Waals surface area contributed by atoms with Gasteiger partial charge in [0.05, 0.1) is 0 Å². The molecular formula is C15H15Br2N. The molecule has 1 N–H and O–H groups in total. The Morgan fingerprint density at radius 3 is 2.50 bits per heavy atom. The molecule has 1 nitrogen and oxygen atoms in total. The summed E-state index contributed by atoms with van der Waals surface area (Å²) >= 11 is 7.15. The molecule has 0 atom stereocenters. The van der Waals surface area contributed by atoms with Crippen molar-refractivity contribution >= 4 is 37.5 Å². The van der Waals surface area contributed by atoms with E-state index >= 15 is 0 Å². The van der Waals surface area contributed by atoms with Gasteiger partial charge in [-0.25, -0.2) is 0 Å². The number of rotatable bonds is 3. The van der Waals surface area contributed by atoms with E-state index in [1.54, 1.807) is 0 Å². The molecule has 0 fully saturated rings. The maximum atomic E-state index is 3.60. The highest BCUT2D eigenvalue weighted by Crippen LogP contribution is 2.25. The van der Waals surface area contributed by atoms with Gasteiger partial charge < -0.3 is 5.32 Å². The summed E-state index contributed by atoms with van der Waals surface area (Å²) in [7, 11) is 0. The predicted molar refractivity (Wildman–Crippen MR) is 85.1 cm³/mol. The van der Waals surface area contributed by atoms with Crippen LogP contribution in [0.1, 0.15) is 16.7 Å². The van der Waals surface area contributed by atoms with Crippen LogP contribution < -0.4 is 5.32 Å². The Bertz CT molecular complexity index is 564. The van der Waals surface area contributed by atoms with Crippen molar-refractivity contribution < 1.29 is 0 Å². The van der Waals surface area contributed by atoms with E-state index in [-0.39, 0.29) is 0 Å². The maximum absolute atomic E-state index is 3.60. The minimum atomic E-state index is 0.818. The quantitative estimate of drug-likeness (QED) is 0.760. The fourth-order valence-corrected chi connectivity index (χ4v) is 2.78. The molecule has 2 aromatic carbocycles. The van der Waals surface area contributed by atoms with Crippen LogP contribution >= 0.6 is 31.9 Å². The second-order valence-electron chi connectivity index (χ2n) is 4.36. The third kappa shape index (κ3) is 3.15. The normalized spacial score (nSPS) is 10.4. The number of hydrogen-bond donors (Lipinski definition) is 1. The van der Waals surface area contributed by atoms with E-state index in [1.807, 2.05) is 6.07 Å². The van der Waals surface area contributed by atoms with E-state index in [0.717, 1.165) is 21.2 Å². The summed E-state index contributed by atoms with van der Waals surface area (Å²) in [5.41, 5.74) is 4.93. The van der Waals surface area contributed by atoms with Gasteiger partial charge in [-0.15, -0.1) is 0 Å². The SMILES string of the molecule is Cc1ccc(CNc2cccc(Br)c2C)c(Br)c1. The van der Waals surface area contributed by atoms with Gasteiger partial charge in [-0.05, 0) is 48.7 Å². The van der Waals surface area contributed by atoms with Crippen molar-refractivity contribution in [2.45, 2.75) is 20.4 Å². The molecule has 0 aliphatic rings. The van der Waals surface area contributed by atoms with E-state index in [2.05, 4.69) is 81.4 Å². The molecule has 94 valence electrons. The van der Waals surface area contributed by atoms with Gasteiger partial charge in [0.2, 0.25) is 0 Å². The molecule has 0 saturated heterocycles. The molecule has 0 spiro atoms. The average molecular weight is 369 g/mol. The van der Waals surface area contributed by atoms with Gasteiger partial charge >= 0.3 is 0 Å². The zero-order valence-corrected chi connectivity index (χ0v) is 13.6. The largest absolute Gasteiger partial charge is 0.381 e. The average Bonchev–Trinajstić information content (AvgIpc) is 2.33. The molecule has 0 bridgehead atoms. The van der Waals surface area contributed by atoms with Crippen LogP contribution in [0.5, 0.6) is 0 Å². The summed E-state index contributed by atoms with van der Waals surface area (Å²) in [5, 5.41) is 3.47. The number of benzene rings is 2. The summed E-state index contributed by atoms with van der Waals surface area (Å²) < 4.78 is 2.29. The molecule has 0 radical (unpaired) electrons. The van der Waals surface area contributed by atoms with Crippen molar-refractivity contribution in [3.05, 3.63) is 62.0 Å². The second-order valence-corrected chi connectivity index (χ2v) is 6.07. The molecule has 0 unspecified atom stereocenters. The molecule has 0 amide bonds. The van der Waals surface area contributed by atoms with Crippen molar-refractivity contribution in [1.82, 2.24) is 0 Å². The van der Waals surface area contributed by atoms with Gasteiger partial charge in [-0.1, -0.05) is 50.1 Å². The van der Waals surface area contributed by atoms with E-state index in [1.165, 1.54) is 16.7 Å².